The molecule has 0 bridgehead atoms. The molecule has 1 aliphatic carbocycles. The topological polar surface area (TPSA) is 12.0 Å². The first-order chi connectivity index (χ1) is 8.56. The van der Waals surface area contributed by atoms with Gasteiger partial charge in [0.25, 0.3) is 0 Å². The molecule has 1 atom stereocenters. The predicted molar refractivity (Wildman–Crippen MR) is 78.9 cm³/mol. The van der Waals surface area contributed by atoms with Crippen LogP contribution in [0.5, 0.6) is 0 Å². The van der Waals surface area contributed by atoms with Crippen LogP contribution >= 0.6 is 0 Å². The Hall–Kier alpha value is -0.820. The second-order valence-corrected chi connectivity index (χ2v) is 6.15. The van der Waals surface area contributed by atoms with Crippen molar-refractivity contribution in [3.8, 4) is 0 Å². The number of rotatable bonds is 5. The summed E-state index contributed by atoms with van der Waals surface area (Å²) in [5.41, 5.74) is 4.81. The van der Waals surface area contributed by atoms with Gasteiger partial charge < -0.3 is 5.32 Å². The molecule has 1 N–H and O–H groups in total. The van der Waals surface area contributed by atoms with Crippen molar-refractivity contribution in [1.29, 1.82) is 0 Å². The van der Waals surface area contributed by atoms with Crippen LogP contribution in [0.2, 0.25) is 0 Å². The Morgan fingerprint density at radius 1 is 1.22 bits per heavy atom. The molecule has 0 aromatic heterocycles. The Morgan fingerprint density at radius 3 is 2.44 bits per heavy atom. The first-order valence-electron chi connectivity index (χ1n) is 7.37. The van der Waals surface area contributed by atoms with Crippen LogP contribution in [0.4, 0.5) is 0 Å². The zero-order valence-electron chi connectivity index (χ0n) is 12.3. The average Bonchev–Trinajstić information content (AvgIpc) is 2.31. The molecule has 1 heteroatoms. The maximum absolute atomic E-state index is 3.74. The Morgan fingerprint density at radius 2 is 1.94 bits per heavy atom. The normalized spacial score (nSPS) is 19.3. The third-order valence-electron chi connectivity index (χ3n) is 4.98. The van der Waals surface area contributed by atoms with E-state index in [4.69, 9.17) is 0 Å². The molecule has 0 radical (unpaired) electrons. The van der Waals surface area contributed by atoms with Gasteiger partial charge in [0.15, 0.2) is 0 Å². The summed E-state index contributed by atoms with van der Waals surface area (Å²) in [5, 5.41) is 3.74. The minimum Gasteiger partial charge on any atom is -0.310 e. The lowest BCUT2D eigenvalue weighted by molar-refractivity contribution is 0.120. The first-order valence-corrected chi connectivity index (χ1v) is 7.37. The van der Waals surface area contributed by atoms with Gasteiger partial charge >= 0.3 is 0 Å². The molecule has 1 saturated carbocycles. The molecule has 18 heavy (non-hydrogen) atoms. The molecular weight excluding hydrogens is 218 g/mol. The highest BCUT2D eigenvalue weighted by Gasteiger charge is 2.34. The van der Waals surface area contributed by atoms with E-state index in [-0.39, 0.29) is 0 Å². The van der Waals surface area contributed by atoms with Gasteiger partial charge in [-0.25, -0.2) is 0 Å². The lowest BCUT2D eigenvalue weighted by Gasteiger charge is -2.42. The van der Waals surface area contributed by atoms with Gasteiger partial charge in [0, 0.05) is 12.6 Å². The molecule has 2 rings (SSSR count). The molecule has 0 saturated heterocycles. The number of aryl methyl sites for hydroxylation is 2. The summed E-state index contributed by atoms with van der Waals surface area (Å²) in [6.45, 7) is 10.2. The van der Waals surface area contributed by atoms with Crippen molar-refractivity contribution < 1.29 is 0 Å². The number of hydrogen-bond acceptors (Lipinski definition) is 1. The monoisotopic (exact) mass is 245 g/mol. The van der Waals surface area contributed by atoms with E-state index in [0.717, 1.165) is 0 Å². The highest BCUT2D eigenvalue weighted by molar-refractivity contribution is 5.31. The fraction of sp³-hybridized carbons (Fsp3) is 0.647. The third-order valence-corrected chi connectivity index (χ3v) is 4.98. The summed E-state index contributed by atoms with van der Waals surface area (Å²) in [7, 11) is 0. The summed E-state index contributed by atoms with van der Waals surface area (Å²) >= 11 is 0. The Kier molecular flexibility index (Phi) is 4.11. The molecule has 0 amide bonds. The van der Waals surface area contributed by atoms with E-state index in [2.05, 4.69) is 51.2 Å². The lowest BCUT2D eigenvalue weighted by Crippen LogP contribution is -2.40. The first kappa shape index (κ1) is 13.6. The SMILES string of the molecule is CCC1(CNC(C)c2ccc(C)c(C)c2)CCC1. The van der Waals surface area contributed by atoms with E-state index in [9.17, 15) is 0 Å². The summed E-state index contributed by atoms with van der Waals surface area (Å²) in [4.78, 5) is 0. The maximum atomic E-state index is 3.74. The van der Waals surface area contributed by atoms with Crippen molar-refractivity contribution in [1.82, 2.24) is 5.32 Å². The number of hydrogen-bond donors (Lipinski definition) is 1. The molecule has 100 valence electrons. The predicted octanol–water partition coefficient (Wildman–Crippen LogP) is 4.53. The van der Waals surface area contributed by atoms with Gasteiger partial charge in [-0.3, -0.25) is 0 Å². The lowest BCUT2D eigenvalue weighted by atomic mass is 9.67. The summed E-state index contributed by atoms with van der Waals surface area (Å²) in [5.74, 6) is 0. The van der Waals surface area contributed by atoms with Crippen LogP contribution in [-0.4, -0.2) is 6.54 Å². The van der Waals surface area contributed by atoms with Gasteiger partial charge in [-0.2, -0.15) is 0 Å². The second-order valence-electron chi connectivity index (χ2n) is 6.15. The van der Waals surface area contributed by atoms with Crippen LogP contribution in [0.3, 0.4) is 0 Å². The summed E-state index contributed by atoms with van der Waals surface area (Å²) in [6, 6.07) is 7.29. The minimum atomic E-state index is 0.466. The maximum Gasteiger partial charge on any atom is 0.0292 e. The van der Waals surface area contributed by atoms with Crippen molar-refractivity contribution in [2.24, 2.45) is 5.41 Å². The molecular formula is C17H27N. The molecule has 1 aromatic carbocycles. The summed E-state index contributed by atoms with van der Waals surface area (Å²) in [6.07, 6.45) is 5.57. The molecule has 0 aliphatic heterocycles. The van der Waals surface area contributed by atoms with Crippen molar-refractivity contribution in [3.05, 3.63) is 34.9 Å². The van der Waals surface area contributed by atoms with Gasteiger partial charge in [-0.1, -0.05) is 31.5 Å². The molecule has 1 aromatic rings. The van der Waals surface area contributed by atoms with Gasteiger partial charge in [0.1, 0.15) is 0 Å². The van der Waals surface area contributed by atoms with E-state index in [1.54, 1.807) is 0 Å². The zero-order chi connectivity index (χ0) is 13.2. The zero-order valence-corrected chi connectivity index (χ0v) is 12.3. The third kappa shape index (κ3) is 2.77. The van der Waals surface area contributed by atoms with Crippen LogP contribution in [0, 0.1) is 19.3 Å². The van der Waals surface area contributed by atoms with E-state index >= 15 is 0 Å². The fourth-order valence-corrected chi connectivity index (χ4v) is 2.85. The highest BCUT2D eigenvalue weighted by Crippen LogP contribution is 2.43. The van der Waals surface area contributed by atoms with E-state index in [1.165, 1.54) is 48.9 Å². The molecule has 1 aliphatic rings. The van der Waals surface area contributed by atoms with Crippen LogP contribution in [0.1, 0.15) is 62.3 Å². The fourth-order valence-electron chi connectivity index (χ4n) is 2.85. The smallest absolute Gasteiger partial charge is 0.0292 e. The Balaban J connectivity index is 1.94. The van der Waals surface area contributed by atoms with Crippen LogP contribution < -0.4 is 5.32 Å². The van der Waals surface area contributed by atoms with Crippen LogP contribution in [0.25, 0.3) is 0 Å². The van der Waals surface area contributed by atoms with Gasteiger partial charge in [0.05, 0.1) is 0 Å². The largest absolute Gasteiger partial charge is 0.310 e. The Labute approximate surface area is 112 Å². The van der Waals surface area contributed by atoms with E-state index in [0.29, 0.717) is 11.5 Å². The highest BCUT2D eigenvalue weighted by atomic mass is 14.9. The number of benzene rings is 1. The molecule has 0 spiro atoms. The van der Waals surface area contributed by atoms with Crippen LogP contribution in [-0.2, 0) is 0 Å². The van der Waals surface area contributed by atoms with Crippen molar-refractivity contribution in [2.45, 2.75) is 59.4 Å². The van der Waals surface area contributed by atoms with Crippen molar-refractivity contribution in [3.63, 3.8) is 0 Å². The molecule has 1 unspecified atom stereocenters. The standard InChI is InChI=1S/C17H27N/c1-5-17(9-6-10-17)12-18-15(4)16-8-7-13(2)14(3)11-16/h7-8,11,15,18H,5-6,9-10,12H2,1-4H3. The second kappa shape index (κ2) is 5.44. The summed E-state index contributed by atoms with van der Waals surface area (Å²) < 4.78 is 0. The molecule has 1 nitrogen and oxygen atoms in total. The van der Waals surface area contributed by atoms with Gasteiger partial charge in [0.2, 0.25) is 0 Å². The van der Waals surface area contributed by atoms with Crippen LogP contribution in [0.15, 0.2) is 18.2 Å². The Bertz CT molecular complexity index is 399. The minimum absolute atomic E-state index is 0.466. The molecule has 1 fully saturated rings. The van der Waals surface area contributed by atoms with E-state index < -0.39 is 0 Å². The number of nitrogens with one attached hydrogen (secondary N) is 1. The molecule has 0 heterocycles. The van der Waals surface area contributed by atoms with Gasteiger partial charge in [-0.05, 0) is 62.1 Å². The van der Waals surface area contributed by atoms with Crippen molar-refractivity contribution >= 4 is 0 Å². The quantitative estimate of drug-likeness (QED) is 0.803. The average molecular weight is 245 g/mol. The van der Waals surface area contributed by atoms with Gasteiger partial charge in [-0.15, -0.1) is 0 Å². The van der Waals surface area contributed by atoms with E-state index in [1.807, 2.05) is 0 Å². The van der Waals surface area contributed by atoms with Crippen molar-refractivity contribution in [2.75, 3.05) is 6.54 Å².